The Bertz CT molecular complexity index is 870. The Morgan fingerprint density at radius 1 is 1.06 bits per heavy atom. The van der Waals surface area contributed by atoms with Gasteiger partial charge in [0.2, 0.25) is 5.91 Å². The first-order chi connectivity index (χ1) is 15.5. The Morgan fingerprint density at radius 2 is 1.82 bits per heavy atom. The number of hydrogen-bond donors (Lipinski definition) is 3. The third-order valence-corrected chi connectivity index (χ3v) is 4.37. The largest absolute Gasteiger partial charge is 0.493 e. The summed E-state index contributed by atoms with van der Waals surface area (Å²) in [6.45, 7) is 0.543. The number of ether oxygens (including phenoxy) is 2. The lowest BCUT2D eigenvalue weighted by atomic mass is 10.2. The molecule has 1 amide bonds. The Kier molecular flexibility index (Phi) is 13.8. The molecule has 0 aliphatic carbocycles. The minimum atomic E-state index is -2.94. The number of benzene rings is 2. The number of nitrogens with one attached hydrogen (secondary N) is 3. The van der Waals surface area contributed by atoms with E-state index >= 15 is 0 Å². The van der Waals surface area contributed by atoms with Crippen LogP contribution in [0.25, 0.3) is 0 Å². The summed E-state index contributed by atoms with van der Waals surface area (Å²) >= 11 is 0. The van der Waals surface area contributed by atoms with Crippen molar-refractivity contribution in [1.82, 2.24) is 16.0 Å². The third kappa shape index (κ3) is 11.2. The summed E-state index contributed by atoms with van der Waals surface area (Å²) < 4.78 is 35.7. The second-order valence-corrected chi connectivity index (χ2v) is 6.86. The second-order valence-electron chi connectivity index (χ2n) is 6.86. The van der Waals surface area contributed by atoms with Crippen LogP contribution >= 0.6 is 24.0 Å². The highest BCUT2D eigenvalue weighted by Crippen LogP contribution is 2.26. The summed E-state index contributed by atoms with van der Waals surface area (Å²) in [5.74, 6) is 0.856. The maximum atomic E-state index is 12.8. The number of aliphatic imine (C=N–C) groups is 1. The molecule has 2 rings (SSSR count). The molecule has 0 heterocycles. The summed E-state index contributed by atoms with van der Waals surface area (Å²) in [7, 11) is 1.59. The van der Waals surface area contributed by atoms with Gasteiger partial charge in [0, 0.05) is 44.7 Å². The predicted molar refractivity (Wildman–Crippen MR) is 135 cm³/mol. The van der Waals surface area contributed by atoms with E-state index in [0.717, 1.165) is 12.0 Å². The summed E-state index contributed by atoms with van der Waals surface area (Å²) in [5.41, 5.74) is 1.55. The summed E-state index contributed by atoms with van der Waals surface area (Å²) in [5, 5.41) is 8.92. The van der Waals surface area contributed by atoms with Crippen molar-refractivity contribution in [1.29, 1.82) is 0 Å². The van der Waals surface area contributed by atoms with Crippen LogP contribution in [-0.2, 0) is 17.9 Å². The number of carbonyl (C=O) groups excluding carboxylic acids is 1. The van der Waals surface area contributed by atoms with Crippen LogP contribution in [0.15, 0.2) is 53.5 Å². The van der Waals surface area contributed by atoms with E-state index in [1.165, 1.54) is 6.07 Å². The van der Waals surface area contributed by atoms with Crippen LogP contribution < -0.4 is 25.4 Å². The Hall–Kier alpha value is -2.63. The quantitative estimate of drug-likeness (QED) is 0.202. The van der Waals surface area contributed by atoms with E-state index in [0.29, 0.717) is 37.0 Å². The molecular weight excluding hydrogens is 545 g/mol. The van der Waals surface area contributed by atoms with Crippen LogP contribution in [-0.4, -0.2) is 38.7 Å². The van der Waals surface area contributed by atoms with Gasteiger partial charge in [-0.1, -0.05) is 37.3 Å². The molecule has 0 bridgehead atoms. The molecule has 0 fully saturated rings. The van der Waals surface area contributed by atoms with Gasteiger partial charge in [0.1, 0.15) is 11.5 Å². The molecule has 0 aliphatic heterocycles. The lowest BCUT2D eigenvalue weighted by Gasteiger charge is -2.16. The van der Waals surface area contributed by atoms with Crippen LogP contribution in [0.3, 0.4) is 0 Å². The van der Waals surface area contributed by atoms with E-state index in [-0.39, 0.29) is 48.6 Å². The monoisotopic (exact) mass is 576 g/mol. The molecule has 0 aliphatic rings. The maximum Gasteiger partial charge on any atom is 0.387 e. The zero-order valence-electron chi connectivity index (χ0n) is 18.8. The van der Waals surface area contributed by atoms with Crippen LogP contribution in [0.4, 0.5) is 8.78 Å². The Labute approximate surface area is 210 Å². The van der Waals surface area contributed by atoms with E-state index in [1.807, 2.05) is 37.3 Å². The molecule has 0 saturated heterocycles. The van der Waals surface area contributed by atoms with E-state index in [2.05, 4.69) is 25.7 Å². The molecule has 182 valence electrons. The van der Waals surface area contributed by atoms with Gasteiger partial charge in [-0.2, -0.15) is 8.78 Å². The number of carbonyl (C=O) groups is 1. The van der Waals surface area contributed by atoms with Gasteiger partial charge in [0.05, 0.1) is 6.61 Å². The lowest BCUT2D eigenvalue weighted by molar-refractivity contribution is -0.121. The lowest BCUT2D eigenvalue weighted by Crippen LogP contribution is -2.39. The number of amides is 1. The number of rotatable bonds is 12. The molecule has 0 saturated carbocycles. The molecule has 2 aromatic rings. The Balaban J connectivity index is 0.00000544. The Morgan fingerprint density at radius 3 is 2.48 bits per heavy atom. The van der Waals surface area contributed by atoms with Gasteiger partial charge >= 0.3 is 6.61 Å². The third-order valence-electron chi connectivity index (χ3n) is 4.37. The van der Waals surface area contributed by atoms with Crippen LogP contribution in [0.5, 0.6) is 11.5 Å². The zero-order valence-corrected chi connectivity index (χ0v) is 21.1. The molecule has 0 aromatic heterocycles. The summed E-state index contributed by atoms with van der Waals surface area (Å²) in [6.07, 6.45) is 1.07. The number of alkyl halides is 2. The highest BCUT2D eigenvalue weighted by atomic mass is 127. The van der Waals surface area contributed by atoms with Gasteiger partial charge < -0.3 is 25.4 Å². The SMILES string of the molecule is CCCOc1ccc(CNC(=NC)NCCC(=O)NCc2ccccc2)c(OC(F)F)c1.I. The second kappa shape index (κ2) is 16.1. The zero-order chi connectivity index (χ0) is 23.2. The van der Waals surface area contributed by atoms with Crippen molar-refractivity contribution in [2.75, 3.05) is 20.2 Å². The van der Waals surface area contributed by atoms with E-state index < -0.39 is 6.61 Å². The molecule has 33 heavy (non-hydrogen) atoms. The average molecular weight is 576 g/mol. The fraction of sp³-hybridized carbons (Fsp3) is 0.391. The molecule has 0 unspecified atom stereocenters. The van der Waals surface area contributed by atoms with Gasteiger partial charge in [0.25, 0.3) is 0 Å². The normalized spacial score (nSPS) is 10.9. The smallest absolute Gasteiger partial charge is 0.387 e. The minimum Gasteiger partial charge on any atom is -0.493 e. The molecule has 10 heteroatoms. The minimum absolute atomic E-state index is 0. The molecule has 7 nitrogen and oxygen atoms in total. The van der Waals surface area contributed by atoms with E-state index in [4.69, 9.17) is 4.74 Å². The topological polar surface area (TPSA) is 84.0 Å². The maximum absolute atomic E-state index is 12.8. The number of guanidine groups is 1. The van der Waals surface area contributed by atoms with Crippen molar-refractivity contribution in [3.8, 4) is 11.5 Å². The van der Waals surface area contributed by atoms with E-state index in [9.17, 15) is 13.6 Å². The highest BCUT2D eigenvalue weighted by Gasteiger charge is 2.12. The van der Waals surface area contributed by atoms with Crippen molar-refractivity contribution in [2.45, 2.75) is 39.5 Å². The fourth-order valence-electron chi connectivity index (χ4n) is 2.78. The van der Waals surface area contributed by atoms with Crippen molar-refractivity contribution >= 4 is 35.8 Å². The average Bonchev–Trinajstić information content (AvgIpc) is 2.79. The molecule has 3 N–H and O–H groups in total. The van der Waals surface area contributed by atoms with Crippen molar-refractivity contribution in [3.05, 3.63) is 59.7 Å². The number of hydrogen-bond acceptors (Lipinski definition) is 4. The van der Waals surface area contributed by atoms with Gasteiger partial charge in [-0.3, -0.25) is 9.79 Å². The van der Waals surface area contributed by atoms with Gasteiger partial charge in [0.15, 0.2) is 5.96 Å². The van der Waals surface area contributed by atoms with Crippen molar-refractivity contribution in [2.24, 2.45) is 4.99 Å². The standard InChI is InChI=1S/C23H30F2N4O3.HI/c1-3-13-31-19-10-9-18(20(14-19)32-22(24)25)16-29-23(26-2)27-12-11-21(30)28-15-17-7-5-4-6-8-17;/h4-10,14,22H,3,11-13,15-16H2,1-2H3,(H,28,30)(H2,26,27,29);1H. The molecule has 2 aromatic carbocycles. The summed E-state index contributed by atoms with van der Waals surface area (Å²) in [6, 6.07) is 14.5. The van der Waals surface area contributed by atoms with Crippen molar-refractivity contribution in [3.63, 3.8) is 0 Å². The number of halogens is 3. The predicted octanol–water partition coefficient (Wildman–Crippen LogP) is 4.07. The fourth-order valence-corrected chi connectivity index (χ4v) is 2.78. The molecule has 0 spiro atoms. The summed E-state index contributed by atoms with van der Waals surface area (Å²) in [4.78, 5) is 16.1. The first-order valence-electron chi connectivity index (χ1n) is 10.5. The van der Waals surface area contributed by atoms with Gasteiger partial charge in [-0.15, -0.1) is 24.0 Å². The molecule has 0 atom stereocenters. The van der Waals surface area contributed by atoms with Crippen molar-refractivity contribution < 1.29 is 23.0 Å². The highest BCUT2D eigenvalue weighted by molar-refractivity contribution is 14.0. The van der Waals surface area contributed by atoms with Crippen LogP contribution in [0.1, 0.15) is 30.9 Å². The first kappa shape index (κ1) is 28.4. The van der Waals surface area contributed by atoms with E-state index in [1.54, 1.807) is 19.2 Å². The number of nitrogens with zero attached hydrogens (tertiary/aromatic N) is 1. The first-order valence-corrected chi connectivity index (χ1v) is 10.5. The molecular formula is C23H31F2IN4O3. The van der Waals surface area contributed by atoms with Gasteiger partial charge in [-0.05, 0) is 24.1 Å². The molecule has 0 radical (unpaired) electrons. The van der Waals surface area contributed by atoms with Gasteiger partial charge in [-0.25, -0.2) is 0 Å². The van der Waals surface area contributed by atoms with Crippen LogP contribution in [0, 0.1) is 0 Å². The van der Waals surface area contributed by atoms with Crippen LogP contribution in [0.2, 0.25) is 0 Å².